The van der Waals surface area contributed by atoms with Crippen LogP contribution in [0.2, 0.25) is 5.02 Å². The molecular formula is C15H21ClN2O. The van der Waals surface area contributed by atoms with Crippen LogP contribution in [0.15, 0.2) is 18.2 Å². The van der Waals surface area contributed by atoms with Gasteiger partial charge in [0.2, 0.25) is 0 Å². The number of carbonyl (C=O) groups excluding carboxylic acids is 1. The molecule has 0 saturated heterocycles. The Bertz CT molecular complexity index is 455. The van der Waals surface area contributed by atoms with Gasteiger partial charge in [0.1, 0.15) is 0 Å². The monoisotopic (exact) mass is 280 g/mol. The molecule has 1 atom stereocenters. The zero-order valence-electron chi connectivity index (χ0n) is 11.3. The second-order valence-electron chi connectivity index (χ2n) is 5.40. The first-order valence-corrected chi connectivity index (χ1v) is 7.31. The summed E-state index contributed by atoms with van der Waals surface area (Å²) in [4.78, 5) is 12.2. The molecule has 1 aromatic carbocycles. The van der Waals surface area contributed by atoms with Crippen molar-refractivity contribution in [2.24, 2.45) is 5.92 Å². The Morgan fingerprint density at radius 2 is 2.05 bits per heavy atom. The Morgan fingerprint density at radius 1 is 1.37 bits per heavy atom. The highest BCUT2D eigenvalue weighted by molar-refractivity contribution is 6.33. The Hall–Kier alpha value is -1.22. The van der Waals surface area contributed by atoms with E-state index in [1.165, 1.54) is 32.1 Å². The van der Waals surface area contributed by atoms with Crippen LogP contribution in [0.3, 0.4) is 0 Å². The topological polar surface area (TPSA) is 55.1 Å². The normalized spacial score (nSPS) is 18.0. The quantitative estimate of drug-likeness (QED) is 0.831. The molecule has 3 nitrogen and oxygen atoms in total. The lowest BCUT2D eigenvalue weighted by atomic mass is 9.84. The van der Waals surface area contributed by atoms with E-state index in [4.69, 9.17) is 17.3 Å². The summed E-state index contributed by atoms with van der Waals surface area (Å²) in [5.41, 5.74) is 6.74. The zero-order valence-corrected chi connectivity index (χ0v) is 12.0. The standard InChI is InChI=1S/C15H21ClN2O/c1-10(11-5-3-2-4-6-11)18-15(19)12-7-8-13(16)14(17)9-12/h7-11H,2-6,17H2,1H3,(H,18,19)/t10-/m1/s1. The van der Waals surface area contributed by atoms with Crippen LogP contribution in [-0.2, 0) is 0 Å². The minimum absolute atomic E-state index is 0.0681. The molecule has 0 unspecified atom stereocenters. The number of rotatable bonds is 3. The van der Waals surface area contributed by atoms with Gasteiger partial charge in [-0.1, -0.05) is 30.9 Å². The molecule has 0 radical (unpaired) electrons. The summed E-state index contributed by atoms with van der Waals surface area (Å²) in [6.07, 6.45) is 6.30. The Morgan fingerprint density at radius 3 is 2.68 bits per heavy atom. The third kappa shape index (κ3) is 3.63. The number of amides is 1. The summed E-state index contributed by atoms with van der Waals surface area (Å²) in [6, 6.07) is 5.22. The van der Waals surface area contributed by atoms with E-state index in [1.54, 1.807) is 18.2 Å². The summed E-state index contributed by atoms with van der Waals surface area (Å²) < 4.78 is 0. The summed E-state index contributed by atoms with van der Waals surface area (Å²) >= 11 is 5.86. The van der Waals surface area contributed by atoms with Gasteiger partial charge in [-0.3, -0.25) is 4.79 Å². The highest BCUT2D eigenvalue weighted by Crippen LogP contribution is 2.26. The molecule has 0 spiro atoms. The van der Waals surface area contributed by atoms with Crippen molar-refractivity contribution in [3.63, 3.8) is 0 Å². The Labute approximate surface area is 119 Å². The van der Waals surface area contributed by atoms with Gasteiger partial charge in [-0.05, 0) is 43.9 Å². The second-order valence-corrected chi connectivity index (χ2v) is 5.80. The van der Waals surface area contributed by atoms with E-state index in [-0.39, 0.29) is 11.9 Å². The molecule has 1 saturated carbocycles. The van der Waals surface area contributed by atoms with Gasteiger partial charge in [-0.2, -0.15) is 0 Å². The lowest BCUT2D eigenvalue weighted by Gasteiger charge is -2.28. The van der Waals surface area contributed by atoms with Crippen LogP contribution < -0.4 is 11.1 Å². The number of nitrogen functional groups attached to an aromatic ring is 1. The molecule has 1 aromatic rings. The smallest absolute Gasteiger partial charge is 0.251 e. The molecular weight excluding hydrogens is 260 g/mol. The molecule has 1 aliphatic carbocycles. The average Bonchev–Trinajstić information content (AvgIpc) is 2.42. The summed E-state index contributed by atoms with van der Waals surface area (Å²) in [6.45, 7) is 2.09. The lowest BCUT2D eigenvalue weighted by Crippen LogP contribution is -2.38. The molecule has 104 valence electrons. The third-order valence-corrected chi connectivity index (χ3v) is 4.32. The zero-order chi connectivity index (χ0) is 13.8. The van der Waals surface area contributed by atoms with Crippen LogP contribution in [0.25, 0.3) is 0 Å². The highest BCUT2D eigenvalue weighted by Gasteiger charge is 2.21. The van der Waals surface area contributed by atoms with Gasteiger partial charge in [0.25, 0.3) is 5.91 Å². The molecule has 19 heavy (non-hydrogen) atoms. The van der Waals surface area contributed by atoms with Crippen molar-refractivity contribution in [1.29, 1.82) is 0 Å². The molecule has 2 rings (SSSR count). The average molecular weight is 281 g/mol. The van der Waals surface area contributed by atoms with Crippen LogP contribution in [0.5, 0.6) is 0 Å². The molecule has 4 heteroatoms. The maximum absolute atomic E-state index is 12.2. The third-order valence-electron chi connectivity index (χ3n) is 3.97. The first-order valence-electron chi connectivity index (χ1n) is 6.94. The first-order chi connectivity index (χ1) is 9.08. The lowest BCUT2D eigenvalue weighted by molar-refractivity contribution is 0.0919. The van der Waals surface area contributed by atoms with Crippen LogP contribution in [0.1, 0.15) is 49.4 Å². The number of nitrogens with two attached hydrogens (primary N) is 1. The van der Waals surface area contributed by atoms with Gasteiger partial charge in [0.05, 0.1) is 10.7 Å². The van der Waals surface area contributed by atoms with Gasteiger partial charge in [-0.15, -0.1) is 0 Å². The Kier molecular flexibility index (Phi) is 4.70. The maximum Gasteiger partial charge on any atom is 0.251 e. The summed E-state index contributed by atoms with van der Waals surface area (Å²) in [5, 5.41) is 3.56. The summed E-state index contributed by atoms with van der Waals surface area (Å²) in [5.74, 6) is 0.531. The molecule has 3 N–H and O–H groups in total. The van der Waals surface area contributed by atoms with E-state index in [1.807, 2.05) is 0 Å². The molecule has 0 aromatic heterocycles. The van der Waals surface area contributed by atoms with E-state index < -0.39 is 0 Å². The first kappa shape index (κ1) is 14.2. The van der Waals surface area contributed by atoms with Gasteiger partial charge < -0.3 is 11.1 Å². The van der Waals surface area contributed by atoms with E-state index in [0.29, 0.717) is 22.2 Å². The minimum Gasteiger partial charge on any atom is -0.398 e. The van der Waals surface area contributed by atoms with Crippen LogP contribution >= 0.6 is 11.6 Å². The molecule has 1 aliphatic rings. The predicted molar refractivity (Wildman–Crippen MR) is 79.4 cm³/mol. The minimum atomic E-state index is -0.0681. The van der Waals surface area contributed by atoms with E-state index >= 15 is 0 Å². The van der Waals surface area contributed by atoms with Gasteiger partial charge in [0, 0.05) is 11.6 Å². The molecule has 0 aliphatic heterocycles. The molecule has 1 amide bonds. The van der Waals surface area contributed by atoms with Crippen molar-refractivity contribution in [3.05, 3.63) is 28.8 Å². The van der Waals surface area contributed by atoms with Crippen LogP contribution in [0, 0.1) is 5.92 Å². The fourth-order valence-electron chi connectivity index (χ4n) is 2.73. The van der Waals surface area contributed by atoms with Crippen molar-refractivity contribution in [2.45, 2.75) is 45.1 Å². The van der Waals surface area contributed by atoms with Crippen molar-refractivity contribution in [3.8, 4) is 0 Å². The van der Waals surface area contributed by atoms with Crippen LogP contribution in [0.4, 0.5) is 5.69 Å². The number of anilines is 1. The maximum atomic E-state index is 12.2. The van der Waals surface area contributed by atoms with Crippen molar-refractivity contribution < 1.29 is 4.79 Å². The van der Waals surface area contributed by atoms with Gasteiger partial charge >= 0.3 is 0 Å². The van der Waals surface area contributed by atoms with E-state index in [0.717, 1.165) is 0 Å². The van der Waals surface area contributed by atoms with Crippen molar-refractivity contribution in [2.75, 3.05) is 5.73 Å². The molecule has 0 heterocycles. The van der Waals surface area contributed by atoms with Crippen molar-refractivity contribution >= 4 is 23.2 Å². The van der Waals surface area contributed by atoms with Gasteiger partial charge in [0.15, 0.2) is 0 Å². The SMILES string of the molecule is C[C@@H](NC(=O)c1ccc(Cl)c(N)c1)C1CCCCC1. The largest absolute Gasteiger partial charge is 0.398 e. The van der Waals surface area contributed by atoms with E-state index in [9.17, 15) is 4.79 Å². The van der Waals surface area contributed by atoms with E-state index in [2.05, 4.69) is 12.2 Å². The number of nitrogens with one attached hydrogen (secondary N) is 1. The van der Waals surface area contributed by atoms with Crippen molar-refractivity contribution in [1.82, 2.24) is 5.32 Å². The second kappa shape index (κ2) is 6.29. The Balaban J connectivity index is 1.97. The van der Waals surface area contributed by atoms with Gasteiger partial charge in [-0.25, -0.2) is 0 Å². The number of hydrogen-bond acceptors (Lipinski definition) is 2. The summed E-state index contributed by atoms with van der Waals surface area (Å²) in [7, 11) is 0. The molecule has 1 fully saturated rings. The number of halogens is 1. The highest BCUT2D eigenvalue weighted by atomic mass is 35.5. The molecule has 0 bridgehead atoms. The number of carbonyl (C=O) groups is 1. The number of hydrogen-bond donors (Lipinski definition) is 2. The predicted octanol–water partition coefficient (Wildman–Crippen LogP) is 3.62. The number of benzene rings is 1. The van der Waals surface area contributed by atoms with Crippen LogP contribution in [-0.4, -0.2) is 11.9 Å². The fourth-order valence-corrected chi connectivity index (χ4v) is 2.84. The fraction of sp³-hybridized carbons (Fsp3) is 0.533.